The molecule has 2 heterocycles. The number of amides is 1. The molecule has 0 aliphatic carbocycles. The molecule has 4 N–H and O–H groups in total. The van der Waals surface area contributed by atoms with Crippen LogP contribution in [0.2, 0.25) is 0 Å². The SMILES string of the molecule is O=C(O)c1cn(CCNC(=O)c2c[nH]c(=O)[nH]c2=O)cn1. The Kier molecular flexibility index (Phi) is 3.97. The maximum atomic E-state index is 11.7. The Hall–Kier alpha value is -3.17. The van der Waals surface area contributed by atoms with Crippen LogP contribution in [0.3, 0.4) is 0 Å². The zero-order chi connectivity index (χ0) is 15.4. The van der Waals surface area contributed by atoms with Crippen LogP contribution in [0.15, 0.2) is 28.3 Å². The number of nitrogens with zero attached hydrogens (tertiary/aromatic N) is 2. The lowest BCUT2D eigenvalue weighted by Crippen LogP contribution is -2.34. The number of hydrogen-bond acceptors (Lipinski definition) is 5. The van der Waals surface area contributed by atoms with Crippen molar-refractivity contribution >= 4 is 11.9 Å². The molecule has 0 saturated carbocycles. The molecule has 0 aromatic carbocycles. The summed E-state index contributed by atoms with van der Waals surface area (Å²) >= 11 is 0. The number of aromatic nitrogens is 4. The number of imidazole rings is 1. The fraction of sp³-hybridized carbons (Fsp3) is 0.182. The minimum atomic E-state index is -1.14. The average Bonchev–Trinajstić information content (AvgIpc) is 2.87. The van der Waals surface area contributed by atoms with Gasteiger partial charge in [-0.25, -0.2) is 14.6 Å². The molecule has 0 aliphatic rings. The normalized spacial score (nSPS) is 10.3. The van der Waals surface area contributed by atoms with Gasteiger partial charge in [-0.2, -0.15) is 0 Å². The molecule has 110 valence electrons. The van der Waals surface area contributed by atoms with E-state index < -0.39 is 23.1 Å². The molecule has 0 fully saturated rings. The van der Waals surface area contributed by atoms with Crippen molar-refractivity contribution < 1.29 is 14.7 Å². The number of aromatic carboxylic acids is 1. The van der Waals surface area contributed by atoms with Gasteiger partial charge in [-0.05, 0) is 0 Å². The molecule has 0 atom stereocenters. The standard InChI is InChI=1S/C11H11N5O5/c17-8(6-3-13-11(21)15-9(6)18)12-1-2-16-4-7(10(19)20)14-5-16/h3-5H,1-2H2,(H,12,17)(H,19,20)(H2,13,15,18,21). The molecule has 0 aliphatic heterocycles. The summed E-state index contributed by atoms with van der Waals surface area (Å²) in [6, 6.07) is 0. The molecule has 0 saturated heterocycles. The first kappa shape index (κ1) is 14.2. The number of rotatable bonds is 5. The first-order chi connectivity index (χ1) is 9.97. The smallest absolute Gasteiger partial charge is 0.356 e. The summed E-state index contributed by atoms with van der Waals surface area (Å²) in [5.74, 6) is -1.79. The number of hydrogen-bond donors (Lipinski definition) is 4. The lowest BCUT2D eigenvalue weighted by Gasteiger charge is -2.04. The number of carbonyl (C=O) groups is 2. The molecule has 0 unspecified atom stereocenters. The molecule has 0 bridgehead atoms. The molecule has 10 heteroatoms. The maximum Gasteiger partial charge on any atom is 0.356 e. The van der Waals surface area contributed by atoms with Crippen LogP contribution in [0.5, 0.6) is 0 Å². The van der Waals surface area contributed by atoms with Gasteiger partial charge in [0.15, 0.2) is 5.69 Å². The van der Waals surface area contributed by atoms with Crippen molar-refractivity contribution in [1.29, 1.82) is 0 Å². The van der Waals surface area contributed by atoms with E-state index in [-0.39, 0.29) is 24.3 Å². The topological polar surface area (TPSA) is 150 Å². The quantitative estimate of drug-likeness (QED) is 0.520. The highest BCUT2D eigenvalue weighted by molar-refractivity contribution is 5.93. The summed E-state index contributed by atoms with van der Waals surface area (Å²) in [5, 5.41) is 11.2. The van der Waals surface area contributed by atoms with E-state index in [1.165, 1.54) is 17.1 Å². The average molecular weight is 293 g/mol. The molecule has 0 radical (unpaired) electrons. The third-order valence-electron chi connectivity index (χ3n) is 2.57. The van der Waals surface area contributed by atoms with E-state index in [1.54, 1.807) is 0 Å². The minimum Gasteiger partial charge on any atom is -0.476 e. The fourth-order valence-electron chi connectivity index (χ4n) is 1.57. The van der Waals surface area contributed by atoms with Gasteiger partial charge in [-0.1, -0.05) is 0 Å². The largest absolute Gasteiger partial charge is 0.476 e. The van der Waals surface area contributed by atoms with E-state index in [4.69, 9.17) is 5.11 Å². The van der Waals surface area contributed by atoms with Crippen molar-refractivity contribution in [2.75, 3.05) is 6.54 Å². The summed E-state index contributed by atoms with van der Waals surface area (Å²) in [5.41, 5.74) is -1.80. The molecule has 0 spiro atoms. The number of H-pyrrole nitrogens is 2. The fourth-order valence-corrected chi connectivity index (χ4v) is 1.57. The van der Waals surface area contributed by atoms with Crippen LogP contribution in [-0.4, -0.2) is 43.0 Å². The highest BCUT2D eigenvalue weighted by atomic mass is 16.4. The number of nitrogens with one attached hydrogen (secondary N) is 3. The van der Waals surface area contributed by atoms with E-state index >= 15 is 0 Å². The number of carboxylic acid groups (broad SMARTS) is 1. The second kappa shape index (κ2) is 5.86. The summed E-state index contributed by atoms with van der Waals surface area (Å²) in [4.78, 5) is 52.3. The van der Waals surface area contributed by atoms with Gasteiger partial charge in [-0.3, -0.25) is 14.6 Å². The van der Waals surface area contributed by atoms with Crippen molar-refractivity contribution in [2.45, 2.75) is 6.54 Å². The maximum absolute atomic E-state index is 11.7. The highest BCUT2D eigenvalue weighted by Crippen LogP contribution is 1.95. The highest BCUT2D eigenvalue weighted by Gasteiger charge is 2.10. The van der Waals surface area contributed by atoms with Crippen LogP contribution in [0.4, 0.5) is 0 Å². The number of aromatic amines is 2. The number of carbonyl (C=O) groups excluding carboxylic acids is 1. The zero-order valence-corrected chi connectivity index (χ0v) is 10.6. The first-order valence-corrected chi connectivity index (χ1v) is 5.82. The summed E-state index contributed by atoms with van der Waals surface area (Å²) in [7, 11) is 0. The van der Waals surface area contributed by atoms with Gasteiger partial charge in [-0.15, -0.1) is 0 Å². The Labute approximate surface area is 116 Å². The van der Waals surface area contributed by atoms with Gasteiger partial charge in [0, 0.05) is 25.5 Å². The molecule has 10 nitrogen and oxygen atoms in total. The van der Waals surface area contributed by atoms with Crippen molar-refractivity contribution in [3.8, 4) is 0 Å². The number of carboxylic acids is 1. The Morgan fingerprint density at radius 2 is 2.14 bits per heavy atom. The Morgan fingerprint density at radius 3 is 2.76 bits per heavy atom. The van der Waals surface area contributed by atoms with E-state index in [0.717, 1.165) is 6.20 Å². The predicted octanol–water partition coefficient (Wildman–Crippen LogP) is -1.61. The van der Waals surface area contributed by atoms with Crippen molar-refractivity contribution in [1.82, 2.24) is 24.8 Å². The van der Waals surface area contributed by atoms with E-state index in [9.17, 15) is 19.2 Å². The van der Waals surface area contributed by atoms with Gasteiger partial charge in [0.25, 0.3) is 11.5 Å². The van der Waals surface area contributed by atoms with Gasteiger partial charge in [0.05, 0.1) is 6.33 Å². The molecule has 2 aromatic heterocycles. The zero-order valence-electron chi connectivity index (χ0n) is 10.6. The Balaban J connectivity index is 1.93. The van der Waals surface area contributed by atoms with Gasteiger partial charge >= 0.3 is 11.7 Å². The van der Waals surface area contributed by atoms with Crippen LogP contribution in [0.25, 0.3) is 0 Å². The second-order valence-electron chi connectivity index (χ2n) is 4.04. The molecular formula is C11H11N5O5. The third kappa shape index (κ3) is 3.43. The lowest BCUT2D eigenvalue weighted by atomic mass is 10.3. The monoisotopic (exact) mass is 293 g/mol. The molecular weight excluding hydrogens is 282 g/mol. The predicted molar refractivity (Wildman–Crippen MR) is 69.2 cm³/mol. The van der Waals surface area contributed by atoms with Crippen LogP contribution in [0.1, 0.15) is 20.8 Å². The molecule has 21 heavy (non-hydrogen) atoms. The summed E-state index contributed by atoms with van der Waals surface area (Å²) in [6.45, 7) is 0.445. The first-order valence-electron chi connectivity index (χ1n) is 5.82. The third-order valence-corrected chi connectivity index (χ3v) is 2.57. The van der Waals surface area contributed by atoms with E-state index in [0.29, 0.717) is 0 Å². The van der Waals surface area contributed by atoms with Crippen molar-refractivity contribution in [2.24, 2.45) is 0 Å². The van der Waals surface area contributed by atoms with Crippen molar-refractivity contribution in [3.63, 3.8) is 0 Å². The summed E-state index contributed by atoms with van der Waals surface area (Å²) in [6.07, 6.45) is 3.67. The van der Waals surface area contributed by atoms with E-state index in [1.807, 2.05) is 4.98 Å². The van der Waals surface area contributed by atoms with Crippen LogP contribution in [-0.2, 0) is 6.54 Å². The summed E-state index contributed by atoms with van der Waals surface area (Å²) < 4.78 is 1.49. The van der Waals surface area contributed by atoms with Crippen LogP contribution in [0, 0.1) is 0 Å². The van der Waals surface area contributed by atoms with E-state index in [2.05, 4.69) is 15.3 Å². The molecule has 2 rings (SSSR count). The minimum absolute atomic E-state index is 0.0987. The van der Waals surface area contributed by atoms with Crippen LogP contribution < -0.4 is 16.6 Å². The molecule has 2 aromatic rings. The van der Waals surface area contributed by atoms with Crippen LogP contribution >= 0.6 is 0 Å². The second-order valence-corrected chi connectivity index (χ2v) is 4.04. The van der Waals surface area contributed by atoms with Crippen molar-refractivity contribution in [3.05, 3.63) is 50.8 Å². The lowest BCUT2D eigenvalue weighted by molar-refractivity contribution is 0.0690. The molecule has 1 amide bonds. The Morgan fingerprint density at radius 1 is 1.38 bits per heavy atom. The van der Waals surface area contributed by atoms with Gasteiger partial charge in [0.1, 0.15) is 5.56 Å². The van der Waals surface area contributed by atoms with Gasteiger partial charge < -0.3 is 20.0 Å². The van der Waals surface area contributed by atoms with Gasteiger partial charge in [0.2, 0.25) is 0 Å². The Bertz CT molecular complexity index is 787.